The van der Waals surface area contributed by atoms with Gasteiger partial charge in [-0.2, -0.15) is 5.10 Å². The number of thiophene rings is 1. The molecule has 0 radical (unpaired) electrons. The zero-order valence-electron chi connectivity index (χ0n) is 11.0. The first-order valence-electron chi connectivity index (χ1n) is 6.64. The van der Waals surface area contributed by atoms with E-state index in [2.05, 4.69) is 15.5 Å². The molecule has 0 spiro atoms. The van der Waals surface area contributed by atoms with Crippen LogP contribution >= 0.6 is 11.3 Å². The Kier molecular flexibility index (Phi) is 3.91. The number of sulfone groups is 1. The SMILES string of the molecule is O=S1(=O)CCCC(NCc2cn[nH]c2-c2cccs2)C1. The molecule has 7 heteroatoms. The summed E-state index contributed by atoms with van der Waals surface area (Å²) < 4.78 is 23.2. The highest BCUT2D eigenvalue weighted by Gasteiger charge is 2.24. The van der Waals surface area contributed by atoms with E-state index in [9.17, 15) is 8.42 Å². The van der Waals surface area contributed by atoms with Crippen LogP contribution in [0.2, 0.25) is 0 Å². The second-order valence-electron chi connectivity index (χ2n) is 5.08. The number of aromatic nitrogens is 2. The van der Waals surface area contributed by atoms with Gasteiger partial charge in [-0.25, -0.2) is 8.42 Å². The van der Waals surface area contributed by atoms with E-state index >= 15 is 0 Å². The van der Waals surface area contributed by atoms with Crippen molar-refractivity contribution in [2.24, 2.45) is 0 Å². The lowest BCUT2D eigenvalue weighted by atomic mass is 10.1. The summed E-state index contributed by atoms with van der Waals surface area (Å²) in [7, 11) is -2.86. The number of hydrogen-bond donors (Lipinski definition) is 2. The molecule has 1 saturated heterocycles. The number of nitrogens with zero attached hydrogens (tertiary/aromatic N) is 1. The molecule has 20 heavy (non-hydrogen) atoms. The quantitative estimate of drug-likeness (QED) is 0.903. The van der Waals surface area contributed by atoms with Gasteiger partial charge in [0.1, 0.15) is 0 Å². The third kappa shape index (κ3) is 3.11. The molecule has 1 unspecified atom stereocenters. The zero-order valence-corrected chi connectivity index (χ0v) is 12.6. The molecule has 0 bridgehead atoms. The first-order valence-corrected chi connectivity index (χ1v) is 9.34. The fourth-order valence-corrected chi connectivity index (χ4v) is 4.94. The molecule has 0 aliphatic carbocycles. The number of nitrogens with one attached hydrogen (secondary N) is 2. The van der Waals surface area contributed by atoms with Crippen molar-refractivity contribution in [3.05, 3.63) is 29.3 Å². The van der Waals surface area contributed by atoms with Crippen LogP contribution in [0, 0.1) is 0 Å². The Morgan fingerprint density at radius 1 is 1.50 bits per heavy atom. The Hall–Kier alpha value is -1.18. The van der Waals surface area contributed by atoms with Crippen molar-refractivity contribution in [3.63, 3.8) is 0 Å². The predicted molar refractivity (Wildman–Crippen MR) is 80.4 cm³/mol. The monoisotopic (exact) mass is 311 g/mol. The van der Waals surface area contributed by atoms with Gasteiger partial charge in [-0.1, -0.05) is 6.07 Å². The van der Waals surface area contributed by atoms with Crippen molar-refractivity contribution in [2.75, 3.05) is 11.5 Å². The molecule has 1 fully saturated rings. The van der Waals surface area contributed by atoms with Gasteiger partial charge in [0, 0.05) is 18.2 Å². The van der Waals surface area contributed by atoms with Gasteiger partial charge in [0.05, 0.1) is 28.3 Å². The molecule has 2 aromatic rings. The fourth-order valence-electron chi connectivity index (χ4n) is 2.52. The standard InChI is InChI=1S/C13H17N3O2S2/c17-20(18)6-2-3-11(9-20)14-7-10-8-15-16-13(10)12-4-1-5-19-12/h1,4-5,8,11,14H,2-3,6-7,9H2,(H,15,16). The maximum absolute atomic E-state index is 11.6. The second-order valence-corrected chi connectivity index (χ2v) is 8.26. The summed E-state index contributed by atoms with van der Waals surface area (Å²) in [6, 6.07) is 4.11. The first kappa shape index (κ1) is 13.8. The maximum atomic E-state index is 11.6. The van der Waals surface area contributed by atoms with Crippen LogP contribution in [-0.4, -0.2) is 36.2 Å². The van der Waals surface area contributed by atoms with Crippen LogP contribution in [0.5, 0.6) is 0 Å². The van der Waals surface area contributed by atoms with Crippen molar-refractivity contribution in [3.8, 4) is 10.6 Å². The van der Waals surface area contributed by atoms with Gasteiger partial charge in [0.2, 0.25) is 0 Å². The average molecular weight is 311 g/mol. The fraction of sp³-hybridized carbons (Fsp3) is 0.462. The topological polar surface area (TPSA) is 74.8 Å². The summed E-state index contributed by atoms with van der Waals surface area (Å²) in [5.74, 6) is 0.580. The van der Waals surface area contributed by atoms with Crippen molar-refractivity contribution in [1.82, 2.24) is 15.5 Å². The molecule has 1 aliphatic rings. The van der Waals surface area contributed by atoms with Crippen molar-refractivity contribution < 1.29 is 8.42 Å². The summed E-state index contributed by atoms with van der Waals surface area (Å²) in [4.78, 5) is 1.15. The molecule has 108 valence electrons. The Morgan fingerprint density at radius 3 is 3.15 bits per heavy atom. The van der Waals surface area contributed by atoms with E-state index in [0.29, 0.717) is 12.3 Å². The Labute approximate surface area is 122 Å². The van der Waals surface area contributed by atoms with E-state index in [0.717, 1.165) is 29.0 Å². The number of H-pyrrole nitrogens is 1. The molecule has 2 N–H and O–H groups in total. The Morgan fingerprint density at radius 2 is 2.40 bits per heavy atom. The van der Waals surface area contributed by atoms with Gasteiger partial charge in [0.25, 0.3) is 0 Å². The van der Waals surface area contributed by atoms with Gasteiger partial charge >= 0.3 is 0 Å². The number of hydrogen-bond acceptors (Lipinski definition) is 5. The summed E-state index contributed by atoms with van der Waals surface area (Å²) in [6.45, 7) is 0.643. The van der Waals surface area contributed by atoms with Gasteiger partial charge in [0.15, 0.2) is 9.84 Å². The van der Waals surface area contributed by atoms with Crippen LogP contribution in [0.25, 0.3) is 10.6 Å². The normalized spacial score (nSPS) is 21.9. The van der Waals surface area contributed by atoms with Crippen molar-refractivity contribution in [2.45, 2.75) is 25.4 Å². The van der Waals surface area contributed by atoms with Gasteiger partial charge in [-0.15, -0.1) is 11.3 Å². The third-order valence-corrected chi connectivity index (χ3v) is 6.24. The highest BCUT2D eigenvalue weighted by molar-refractivity contribution is 7.91. The molecule has 0 saturated carbocycles. The van der Waals surface area contributed by atoms with E-state index in [-0.39, 0.29) is 11.8 Å². The highest BCUT2D eigenvalue weighted by atomic mass is 32.2. The largest absolute Gasteiger partial charge is 0.309 e. The lowest BCUT2D eigenvalue weighted by Crippen LogP contribution is -2.39. The van der Waals surface area contributed by atoms with E-state index < -0.39 is 9.84 Å². The summed E-state index contributed by atoms with van der Waals surface area (Å²) in [6.07, 6.45) is 3.48. The summed E-state index contributed by atoms with van der Waals surface area (Å²) in [5, 5.41) is 12.5. The van der Waals surface area contributed by atoms with Gasteiger partial charge < -0.3 is 5.32 Å². The summed E-state index contributed by atoms with van der Waals surface area (Å²) in [5.41, 5.74) is 2.10. The molecule has 1 atom stereocenters. The van der Waals surface area contributed by atoms with Gasteiger partial charge in [-0.3, -0.25) is 5.10 Å². The van der Waals surface area contributed by atoms with Crippen LogP contribution in [0.4, 0.5) is 0 Å². The zero-order chi connectivity index (χ0) is 14.0. The molecular formula is C13H17N3O2S2. The Bertz CT molecular complexity index is 662. The number of rotatable bonds is 4. The minimum absolute atomic E-state index is 0.0554. The third-order valence-electron chi connectivity index (χ3n) is 3.53. The minimum Gasteiger partial charge on any atom is -0.309 e. The average Bonchev–Trinajstić information content (AvgIpc) is 3.06. The van der Waals surface area contributed by atoms with E-state index in [1.54, 1.807) is 17.5 Å². The smallest absolute Gasteiger partial charge is 0.151 e. The van der Waals surface area contributed by atoms with E-state index in [1.807, 2.05) is 17.5 Å². The van der Waals surface area contributed by atoms with Crippen LogP contribution in [-0.2, 0) is 16.4 Å². The highest BCUT2D eigenvalue weighted by Crippen LogP contribution is 2.25. The molecular weight excluding hydrogens is 294 g/mol. The van der Waals surface area contributed by atoms with Gasteiger partial charge in [-0.05, 0) is 24.3 Å². The second kappa shape index (κ2) is 5.67. The number of aromatic amines is 1. The molecule has 1 aliphatic heterocycles. The Balaban J connectivity index is 1.66. The van der Waals surface area contributed by atoms with E-state index in [1.165, 1.54) is 0 Å². The molecule has 3 heterocycles. The molecule has 5 nitrogen and oxygen atoms in total. The van der Waals surface area contributed by atoms with Crippen LogP contribution < -0.4 is 5.32 Å². The van der Waals surface area contributed by atoms with Crippen LogP contribution in [0.1, 0.15) is 18.4 Å². The minimum atomic E-state index is -2.86. The molecule has 0 amide bonds. The van der Waals surface area contributed by atoms with Crippen LogP contribution in [0.3, 0.4) is 0 Å². The lowest BCUT2D eigenvalue weighted by Gasteiger charge is -2.23. The lowest BCUT2D eigenvalue weighted by molar-refractivity contribution is 0.480. The molecule has 0 aromatic carbocycles. The summed E-state index contributed by atoms with van der Waals surface area (Å²) >= 11 is 1.66. The van der Waals surface area contributed by atoms with Crippen LogP contribution in [0.15, 0.2) is 23.7 Å². The van der Waals surface area contributed by atoms with E-state index in [4.69, 9.17) is 0 Å². The molecule has 2 aromatic heterocycles. The van der Waals surface area contributed by atoms with Crippen molar-refractivity contribution >= 4 is 21.2 Å². The maximum Gasteiger partial charge on any atom is 0.151 e. The predicted octanol–water partition coefficient (Wildman–Crippen LogP) is 1.80. The molecule has 3 rings (SSSR count). The first-order chi connectivity index (χ1) is 9.64. The van der Waals surface area contributed by atoms with Crippen molar-refractivity contribution in [1.29, 1.82) is 0 Å².